The fraction of sp³-hybridized carbons (Fsp3) is 0.417. The van der Waals surface area contributed by atoms with Crippen molar-refractivity contribution >= 4 is 27.5 Å². The van der Waals surface area contributed by atoms with E-state index in [1.807, 2.05) is 0 Å². The molecule has 0 aliphatic carbocycles. The van der Waals surface area contributed by atoms with Crippen molar-refractivity contribution in [2.75, 3.05) is 17.1 Å². The molecule has 12 heteroatoms. The molecule has 0 radical (unpaired) electrons. The fourth-order valence-electron chi connectivity index (χ4n) is 3.29. The summed E-state index contributed by atoms with van der Waals surface area (Å²) >= 11 is 0. The molecule has 2 aromatic carbocycles. The number of carbonyl (C=O) groups is 2. The predicted molar refractivity (Wildman–Crippen MR) is 128 cm³/mol. The summed E-state index contributed by atoms with van der Waals surface area (Å²) in [6, 6.07) is 7.67. The molecule has 0 aliphatic heterocycles. The number of rotatable bonds is 8. The van der Waals surface area contributed by atoms with Crippen LogP contribution in [0.4, 0.5) is 23.2 Å². The molecule has 198 valence electrons. The van der Waals surface area contributed by atoms with E-state index in [4.69, 9.17) is 0 Å². The number of hydrogen-bond donors (Lipinski definition) is 1. The topological polar surface area (TPSA) is 86.8 Å². The molecule has 2 rings (SSSR count). The smallest absolute Gasteiger partial charge is 0.350 e. The summed E-state index contributed by atoms with van der Waals surface area (Å²) in [6.07, 6.45) is -3.96. The molecule has 7 nitrogen and oxygen atoms in total. The molecule has 1 N–H and O–H groups in total. The Morgan fingerprint density at radius 2 is 1.61 bits per heavy atom. The maximum absolute atomic E-state index is 13.4. The molecule has 0 bridgehead atoms. The Balaban J connectivity index is 2.45. The summed E-state index contributed by atoms with van der Waals surface area (Å²) in [5.74, 6) is -1.87. The summed E-state index contributed by atoms with van der Waals surface area (Å²) in [4.78, 5) is 27.3. The van der Waals surface area contributed by atoms with Gasteiger partial charge >= 0.3 is 6.18 Å². The van der Waals surface area contributed by atoms with E-state index in [2.05, 4.69) is 5.32 Å². The van der Waals surface area contributed by atoms with E-state index in [-0.39, 0.29) is 12.2 Å². The Kier molecular flexibility index (Phi) is 8.77. The molecule has 2 amide bonds. The molecular formula is C24H29F4N3O4S. The van der Waals surface area contributed by atoms with Crippen LogP contribution in [0.5, 0.6) is 0 Å². The molecule has 0 spiro atoms. The summed E-state index contributed by atoms with van der Waals surface area (Å²) in [7, 11) is -4.19. The van der Waals surface area contributed by atoms with E-state index >= 15 is 0 Å². The summed E-state index contributed by atoms with van der Waals surface area (Å²) in [5.41, 5.74) is -1.60. The predicted octanol–water partition coefficient (Wildman–Crippen LogP) is 3.94. The van der Waals surface area contributed by atoms with E-state index in [1.54, 1.807) is 20.8 Å². The highest BCUT2D eigenvalue weighted by atomic mass is 32.2. The van der Waals surface area contributed by atoms with E-state index in [0.29, 0.717) is 15.9 Å². The fourth-order valence-corrected chi connectivity index (χ4v) is 4.14. The first-order valence-electron chi connectivity index (χ1n) is 10.9. The van der Waals surface area contributed by atoms with Crippen molar-refractivity contribution in [3.8, 4) is 0 Å². The molecule has 0 heterocycles. The Bertz CT molecular complexity index is 1190. The van der Waals surface area contributed by atoms with Gasteiger partial charge in [0.25, 0.3) is 0 Å². The van der Waals surface area contributed by atoms with Gasteiger partial charge in [0.15, 0.2) is 0 Å². The average Bonchev–Trinajstić information content (AvgIpc) is 2.74. The number of carbonyl (C=O) groups excluding carboxylic acids is 2. The van der Waals surface area contributed by atoms with E-state index in [0.717, 1.165) is 29.4 Å². The van der Waals surface area contributed by atoms with Crippen molar-refractivity contribution in [3.05, 3.63) is 65.5 Å². The van der Waals surface area contributed by atoms with Gasteiger partial charge < -0.3 is 10.2 Å². The minimum absolute atomic E-state index is 0.169. The summed E-state index contributed by atoms with van der Waals surface area (Å²) in [5, 5.41) is 2.74. The van der Waals surface area contributed by atoms with Crippen LogP contribution in [0.3, 0.4) is 0 Å². The number of alkyl halides is 3. The van der Waals surface area contributed by atoms with Crippen LogP contribution in [-0.2, 0) is 32.3 Å². The van der Waals surface area contributed by atoms with Gasteiger partial charge in [-0.3, -0.25) is 13.9 Å². The first-order valence-corrected chi connectivity index (χ1v) is 12.7. The minimum Gasteiger partial charge on any atom is -0.350 e. The maximum atomic E-state index is 13.4. The normalized spacial score (nSPS) is 13.1. The van der Waals surface area contributed by atoms with Gasteiger partial charge in [0, 0.05) is 12.1 Å². The molecule has 0 aliphatic rings. The minimum atomic E-state index is -4.72. The lowest BCUT2D eigenvalue weighted by Gasteiger charge is -2.33. The van der Waals surface area contributed by atoms with E-state index in [9.17, 15) is 35.6 Å². The molecule has 0 saturated carbocycles. The molecular weight excluding hydrogens is 502 g/mol. The van der Waals surface area contributed by atoms with Crippen LogP contribution in [0.2, 0.25) is 0 Å². The van der Waals surface area contributed by atoms with Crippen LogP contribution in [0.15, 0.2) is 48.5 Å². The van der Waals surface area contributed by atoms with Gasteiger partial charge in [0.1, 0.15) is 18.4 Å². The summed E-state index contributed by atoms with van der Waals surface area (Å²) in [6.45, 7) is 5.64. The highest BCUT2D eigenvalue weighted by molar-refractivity contribution is 7.92. The van der Waals surface area contributed by atoms with Crippen LogP contribution < -0.4 is 9.62 Å². The lowest BCUT2D eigenvalue weighted by atomic mass is 10.1. The molecule has 0 fully saturated rings. The van der Waals surface area contributed by atoms with Crippen molar-refractivity contribution in [1.82, 2.24) is 10.2 Å². The number of halogens is 4. The van der Waals surface area contributed by atoms with Gasteiger partial charge in [0.2, 0.25) is 21.8 Å². The second-order valence-corrected chi connectivity index (χ2v) is 11.3. The zero-order chi connectivity index (χ0) is 27.5. The third kappa shape index (κ3) is 8.21. The largest absolute Gasteiger partial charge is 0.416 e. The maximum Gasteiger partial charge on any atom is 0.416 e. The van der Waals surface area contributed by atoms with Gasteiger partial charge in [-0.1, -0.05) is 18.2 Å². The van der Waals surface area contributed by atoms with Crippen molar-refractivity contribution in [2.24, 2.45) is 0 Å². The van der Waals surface area contributed by atoms with Crippen molar-refractivity contribution in [2.45, 2.75) is 52.0 Å². The number of anilines is 1. The van der Waals surface area contributed by atoms with E-state index in [1.165, 1.54) is 31.2 Å². The second-order valence-electron chi connectivity index (χ2n) is 9.38. The first-order chi connectivity index (χ1) is 16.4. The lowest BCUT2D eigenvalue weighted by Crippen LogP contribution is -2.54. The zero-order valence-electron chi connectivity index (χ0n) is 20.6. The molecule has 0 aromatic heterocycles. The Morgan fingerprint density at radius 1 is 1.03 bits per heavy atom. The third-order valence-electron chi connectivity index (χ3n) is 5.07. The first kappa shape index (κ1) is 29.1. The molecule has 2 aromatic rings. The number of nitrogens with zero attached hydrogens (tertiary/aromatic N) is 2. The van der Waals surface area contributed by atoms with Gasteiger partial charge in [0.05, 0.1) is 17.5 Å². The quantitative estimate of drug-likeness (QED) is 0.523. The second kappa shape index (κ2) is 10.9. The number of sulfonamides is 1. The number of hydrogen-bond acceptors (Lipinski definition) is 4. The van der Waals surface area contributed by atoms with Gasteiger partial charge in [-0.25, -0.2) is 12.8 Å². The van der Waals surface area contributed by atoms with Gasteiger partial charge in [-0.2, -0.15) is 13.2 Å². The van der Waals surface area contributed by atoms with Crippen molar-refractivity contribution in [3.63, 3.8) is 0 Å². The number of benzene rings is 2. The van der Waals surface area contributed by atoms with Gasteiger partial charge in [-0.05, 0) is 63.6 Å². The zero-order valence-corrected chi connectivity index (χ0v) is 21.4. The Hall–Kier alpha value is -3.15. The highest BCUT2D eigenvalue weighted by Gasteiger charge is 2.34. The van der Waals surface area contributed by atoms with Crippen LogP contribution >= 0.6 is 0 Å². The summed E-state index contributed by atoms with van der Waals surface area (Å²) < 4.78 is 78.5. The van der Waals surface area contributed by atoms with E-state index < -0.39 is 57.5 Å². The molecule has 0 saturated heterocycles. The molecule has 36 heavy (non-hydrogen) atoms. The monoisotopic (exact) mass is 531 g/mol. The number of nitrogens with one attached hydrogen (secondary N) is 1. The lowest BCUT2D eigenvalue weighted by molar-refractivity contribution is -0.140. The third-order valence-corrected chi connectivity index (χ3v) is 6.21. The van der Waals surface area contributed by atoms with Crippen LogP contribution in [0, 0.1) is 5.82 Å². The Labute approximate surface area is 208 Å². The van der Waals surface area contributed by atoms with Crippen molar-refractivity contribution < 1.29 is 35.6 Å². The van der Waals surface area contributed by atoms with Crippen LogP contribution in [0.1, 0.15) is 38.8 Å². The van der Waals surface area contributed by atoms with Crippen LogP contribution in [-0.4, -0.2) is 49.5 Å². The Morgan fingerprint density at radius 3 is 2.11 bits per heavy atom. The standard InChI is InChI=1S/C24H29F4N3O4S/c1-16(22(33)29-23(2,3)4)30(14-17-9-11-19(25)12-10-17)21(32)15-31(36(5,34)35)20-8-6-7-18(13-20)24(26,27)28/h6-13,16H,14-15H2,1-5H3,(H,29,33). The van der Waals surface area contributed by atoms with Crippen molar-refractivity contribution in [1.29, 1.82) is 0 Å². The van der Waals surface area contributed by atoms with Crippen LogP contribution in [0.25, 0.3) is 0 Å². The molecule has 1 atom stereocenters. The average molecular weight is 532 g/mol. The highest BCUT2D eigenvalue weighted by Crippen LogP contribution is 2.32. The number of amides is 2. The SMILES string of the molecule is CC(C(=O)NC(C)(C)C)N(Cc1ccc(F)cc1)C(=O)CN(c1cccc(C(F)(F)F)c1)S(C)(=O)=O. The van der Waals surface area contributed by atoms with Gasteiger partial charge in [-0.15, -0.1) is 0 Å². The molecule has 1 unspecified atom stereocenters.